The van der Waals surface area contributed by atoms with E-state index in [1.807, 2.05) is 6.07 Å². The van der Waals surface area contributed by atoms with E-state index in [0.29, 0.717) is 17.5 Å². The summed E-state index contributed by atoms with van der Waals surface area (Å²) in [4.78, 5) is 0. The summed E-state index contributed by atoms with van der Waals surface area (Å²) in [7, 11) is 0. The van der Waals surface area contributed by atoms with E-state index in [2.05, 4.69) is 31.3 Å². The largest absolute Gasteiger partial charge is 0.399 e. The second kappa shape index (κ2) is 4.27. The van der Waals surface area contributed by atoms with E-state index in [0.717, 1.165) is 5.69 Å². The third-order valence-corrected chi connectivity index (χ3v) is 4.65. The van der Waals surface area contributed by atoms with Gasteiger partial charge in [-0.2, -0.15) is 0 Å². The molecule has 2 unspecified atom stereocenters. The first kappa shape index (κ1) is 12.0. The average molecular weight is 244 g/mol. The standard InChI is InChI=1S/C16H24N2/c1-16(2)8-7-13(10-16)18-15-6-3-11-9-12(17)4-5-14(11)15/h4-5,9,13,15,18H,3,6-8,10,17H2,1-2H3. The Morgan fingerprint density at radius 3 is 2.83 bits per heavy atom. The number of rotatable bonds is 2. The fourth-order valence-electron chi connectivity index (χ4n) is 3.67. The van der Waals surface area contributed by atoms with Gasteiger partial charge in [0.15, 0.2) is 0 Å². The van der Waals surface area contributed by atoms with Gasteiger partial charge >= 0.3 is 0 Å². The number of hydrogen-bond donors (Lipinski definition) is 2. The molecule has 0 amide bonds. The Morgan fingerprint density at radius 2 is 2.11 bits per heavy atom. The van der Waals surface area contributed by atoms with Gasteiger partial charge in [-0.15, -0.1) is 0 Å². The van der Waals surface area contributed by atoms with Crippen molar-refractivity contribution in [1.29, 1.82) is 0 Å². The molecule has 1 aromatic rings. The van der Waals surface area contributed by atoms with Crippen molar-refractivity contribution in [1.82, 2.24) is 5.32 Å². The van der Waals surface area contributed by atoms with Crippen LogP contribution in [-0.4, -0.2) is 6.04 Å². The number of nitrogen functional groups attached to an aromatic ring is 1. The van der Waals surface area contributed by atoms with Gasteiger partial charge in [-0.3, -0.25) is 0 Å². The van der Waals surface area contributed by atoms with E-state index in [1.54, 1.807) is 0 Å². The molecule has 0 heterocycles. The summed E-state index contributed by atoms with van der Waals surface area (Å²) in [5, 5.41) is 3.87. The predicted octanol–water partition coefficient (Wildman–Crippen LogP) is 3.42. The molecule has 1 saturated carbocycles. The molecule has 3 rings (SSSR count). The highest BCUT2D eigenvalue weighted by Crippen LogP contribution is 2.39. The Bertz CT molecular complexity index is 450. The van der Waals surface area contributed by atoms with Crippen LogP contribution in [0.3, 0.4) is 0 Å². The Labute approximate surface area is 110 Å². The molecule has 0 aliphatic heterocycles. The van der Waals surface area contributed by atoms with Crippen LogP contribution >= 0.6 is 0 Å². The molecule has 2 atom stereocenters. The minimum absolute atomic E-state index is 0.528. The minimum atomic E-state index is 0.528. The van der Waals surface area contributed by atoms with E-state index < -0.39 is 0 Å². The summed E-state index contributed by atoms with van der Waals surface area (Å²) >= 11 is 0. The Hall–Kier alpha value is -1.02. The Morgan fingerprint density at radius 1 is 1.28 bits per heavy atom. The third kappa shape index (κ3) is 2.26. The number of fused-ring (bicyclic) bond motifs is 1. The highest BCUT2D eigenvalue weighted by Gasteiger charge is 2.33. The molecule has 2 heteroatoms. The van der Waals surface area contributed by atoms with Gasteiger partial charge in [0.2, 0.25) is 0 Å². The van der Waals surface area contributed by atoms with Crippen molar-refractivity contribution in [2.75, 3.05) is 5.73 Å². The zero-order valence-electron chi connectivity index (χ0n) is 11.5. The fraction of sp³-hybridized carbons (Fsp3) is 0.625. The lowest BCUT2D eigenvalue weighted by atomic mass is 9.91. The Balaban J connectivity index is 1.70. The van der Waals surface area contributed by atoms with Crippen molar-refractivity contribution < 1.29 is 0 Å². The first-order valence-electron chi connectivity index (χ1n) is 7.18. The molecule has 0 saturated heterocycles. The molecule has 18 heavy (non-hydrogen) atoms. The summed E-state index contributed by atoms with van der Waals surface area (Å²) in [5.41, 5.74) is 10.2. The maximum Gasteiger partial charge on any atom is 0.0328 e. The number of aryl methyl sites for hydroxylation is 1. The summed E-state index contributed by atoms with van der Waals surface area (Å²) in [6.45, 7) is 4.77. The lowest BCUT2D eigenvalue weighted by Crippen LogP contribution is -2.30. The van der Waals surface area contributed by atoms with E-state index in [1.165, 1.54) is 43.2 Å². The number of nitrogens with one attached hydrogen (secondary N) is 1. The quantitative estimate of drug-likeness (QED) is 0.782. The van der Waals surface area contributed by atoms with Crippen molar-refractivity contribution in [3.63, 3.8) is 0 Å². The summed E-state index contributed by atoms with van der Waals surface area (Å²) in [6.07, 6.45) is 6.40. The average Bonchev–Trinajstić information content (AvgIpc) is 2.83. The van der Waals surface area contributed by atoms with Crippen LogP contribution in [0.25, 0.3) is 0 Å². The van der Waals surface area contributed by atoms with E-state index in [4.69, 9.17) is 5.73 Å². The number of hydrogen-bond acceptors (Lipinski definition) is 2. The predicted molar refractivity (Wildman–Crippen MR) is 76.5 cm³/mol. The second-order valence-corrected chi connectivity index (χ2v) is 6.82. The van der Waals surface area contributed by atoms with Gasteiger partial charge in [0, 0.05) is 17.8 Å². The highest BCUT2D eigenvalue weighted by atomic mass is 15.0. The van der Waals surface area contributed by atoms with Gasteiger partial charge < -0.3 is 11.1 Å². The molecule has 0 aromatic heterocycles. The fourth-order valence-corrected chi connectivity index (χ4v) is 3.67. The third-order valence-electron chi connectivity index (χ3n) is 4.65. The molecule has 0 spiro atoms. The van der Waals surface area contributed by atoms with Crippen molar-refractivity contribution in [3.05, 3.63) is 29.3 Å². The van der Waals surface area contributed by atoms with Gasteiger partial charge in [0.25, 0.3) is 0 Å². The summed E-state index contributed by atoms with van der Waals surface area (Å²) in [5.74, 6) is 0. The van der Waals surface area contributed by atoms with Crippen LogP contribution in [-0.2, 0) is 6.42 Å². The molecular formula is C16H24N2. The molecule has 2 nitrogen and oxygen atoms in total. The molecule has 2 aliphatic rings. The molecular weight excluding hydrogens is 220 g/mol. The summed E-state index contributed by atoms with van der Waals surface area (Å²) in [6, 6.07) is 7.66. The summed E-state index contributed by atoms with van der Waals surface area (Å²) < 4.78 is 0. The van der Waals surface area contributed by atoms with Crippen LogP contribution in [0.2, 0.25) is 0 Å². The lowest BCUT2D eigenvalue weighted by molar-refractivity contribution is 0.352. The van der Waals surface area contributed by atoms with Gasteiger partial charge in [-0.25, -0.2) is 0 Å². The molecule has 0 bridgehead atoms. The van der Waals surface area contributed by atoms with Crippen LogP contribution in [0.1, 0.15) is 56.7 Å². The maximum absolute atomic E-state index is 5.86. The van der Waals surface area contributed by atoms with Gasteiger partial charge in [0.05, 0.1) is 0 Å². The SMILES string of the molecule is CC1(C)CCC(NC2CCc3cc(N)ccc32)C1. The van der Waals surface area contributed by atoms with Crippen molar-refractivity contribution in [3.8, 4) is 0 Å². The van der Waals surface area contributed by atoms with E-state index >= 15 is 0 Å². The lowest BCUT2D eigenvalue weighted by Gasteiger charge is -2.22. The van der Waals surface area contributed by atoms with Gasteiger partial charge in [0.1, 0.15) is 0 Å². The first-order valence-corrected chi connectivity index (χ1v) is 7.18. The van der Waals surface area contributed by atoms with Crippen molar-refractivity contribution in [2.24, 2.45) is 5.41 Å². The molecule has 1 aromatic carbocycles. The molecule has 2 aliphatic carbocycles. The van der Waals surface area contributed by atoms with Crippen LogP contribution in [0.15, 0.2) is 18.2 Å². The zero-order chi connectivity index (χ0) is 12.8. The second-order valence-electron chi connectivity index (χ2n) is 6.82. The highest BCUT2D eigenvalue weighted by molar-refractivity contribution is 5.47. The van der Waals surface area contributed by atoms with Crippen molar-refractivity contribution >= 4 is 5.69 Å². The van der Waals surface area contributed by atoms with Crippen molar-refractivity contribution in [2.45, 2.75) is 58.0 Å². The number of nitrogens with two attached hydrogens (primary N) is 1. The van der Waals surface area contributed by atoms with Crippen LogP contribution < -0.4 is 11.1 Å². The van der Waals surface area contributed by atoms with E-state index in [9.17, 15) is 0 Å². The van der Waals surface area contributed by atoms with Crippen LogP contribution in [0, 0.1) is 5.41 Å². The van der Waals surface area contributed by atoms with Gasteiger partial charge in [-0.1, -0.05) is 19.9 Å². The van der Waals surface area contributed by atoms with Crippen LogP contribution in [0.5, 0.6) is 0 Å². The monoisotopic (exact) mass is 244 g/mol. The normalized spacial score (nSPS) is 29.4. The zero-order valence-corrected chi connectivity index (χ0v) is 11.5. The Kier molecular flexibility index (Phi) is 2.86. The minimum Gasteiger partial charge on any atom is -0.399 e. The maximum atomic E-state index is 5.86. The smallest absolute Gasteiger partial charge is 0.0328 e. The van der Waals surface area contributed by atoms with E-state index in [-0.39, 0.29) is 0 Å². The van der Waals surface area contributed by atoms with Crippen LogP contribution in [0.4, 0.5) is 5.69 Å². The molecule has 3 N–H and O–H groups in total. The number of benzene rings is 1. The molecule has 98 valence electrons. The van der Waals surface area contributed by atoms with Gasteiger partial charge in [-0.05, 0) is 60.8 Å². The first-order chi connectivity index (χ1) is 8.53. The topological polar surface area (TPSA) is 38.0 Å². The molecule has 0 radical (unpaired) electrons. The molecule has 1 fully saturated rings. The number of anilines is 1.